The lowest BCUT2D eigenvalue weighted by Gasteiger charge is -2.37. The van der Waals surface area contributed by atoms with Gasteiger partial charge in [0, 0.05) is 19.7 Å². The number of nitrogens with zero attached hydrogens (tertiary/aromatic N) is 2. The Balaban J connectivity index is 1.41. The standard InChI is InChI=1S/C32H26N2O2/c1-33-27-21-20-23(26-16-9-10-18-30(26)35-24-12-5-3-6-13-24)22-29(27)34(2)32-28(33)17-11-19-31(32)36-25-14-7-4-8-15-25/h3-22H,1-2H3. The summed E-state index contributed by atoms with van der Waals surface area (Å²) in [6.07, 6.45) is 0. The fourth-order valence-corrected chi connectivity index (χ4v) is 4.72. The molecule has 1 aliphatic heterocycles. The summed E-state index contributed by atoms with van der Waals surface area (Å²) in [7, 11) is 4.20. The minimum Gasteiger partial charge on any atom is -0.457 e. The lowest BCUT2D eigenvalue weighted by atomic mass is 10.0. The molecule has 4 heteroatoms. The van der Waals surface area contributed by atoms with E-state index in [-0.39, 0.29) is 0 Å². The van der Waals surface area contributed by atoms with Gasteiger partial charge in [-0.25, -0.2) is 0 Å². The summed E-state index contributed by atoms with van der Waals surface area (Å²) < 4.78 is 12.6. The van der Waals surface area contributed by atoms with Crippen LogP contribution in [0.1, 0.15) is 0 Å². The summed E-state index contributed by atoms with van der Waals surface area (Å²) >= 11 is 0. The number of hydrogen-bond donors (Lipinski definition) is 0. The molecule has 0 N–H and O–H groups in total. The lowest BCUT2D eigenvalue weighted by Crippen LogP contribution is -2.24. The van der Waals surface area contributed by atoms with E-state index >= 15 is 0 Å². The SMILES string of the molecule is CN1c2ccc(-c3ccccc3Oc3ccccc3)cc2N(C)c2c(Oc3ccccc3)cccc21. The quantitative estimate of drug-likeness (QED) is 0.256. The third kappa shape index (κ3) is 3.93. The minimum absolute atomic E-state index is 0.813. The van der Waals surface area contributed by atoms with Crippen LogP contribution in [0.2, 0.25) is 0 Å². The van der Waals surface area contributed by atoms with E-state index in [2.05, 4.69) is 54.2 Å². The van der Waals surface area contributed by atoms with Crippen LogP contribution in [-0.4, -0.2) is 14.1 Å². The van der Waals surface area contributed by atoms with Crippen molar-refractivity contribution >= 4 is 22.7 Å². The number of hydrogen-bond acceptors (Lipinski definition) is 4. The van der Waals surface area contributed by atoms with E-state index in [1.807, 2.05) is 91.0 Å². The molecule has 0 bridgehead atoms. The number of para-hydroxylation sites is 4. The highest BCUT2D eigenvalue weighted by atomic mass is 16.5. The molecule has 0 radical (unpaired) electrons. The fourth-order valence-electron chi connectivity index (χ4n) is 4.72. The van der Waals surface area contributed by atoms with Crippen molar-refractivity contribution in [2.75, 3.05) is 23.9 Å². The maximum Gasteiger partial charge on any atom is 0.153 e. The van der Waals surface area contributed by atoms with Gasteiger partial charge in [-0.1, -0.05) is 66.7 Å². The van der Waals surface area contributed by atoms with Gasteiger partial charge in [-0.05, 0) is 60.2 Å². The molecule has 176 valence electrons. The van der Waals surface area contributed by atoms with Crippen LogP contribution in [0.25, 0.3) is 11.1 Å². The van der Waals surface area contributed by atoms with Gasteiger partial charge in [0.05, 0.1) is 17.1 Å². The second-order valence-electron chi connectivity index (χ2n) is 8.77. The Kier molecular flexibility index (Phi) is 5.55. The molecule has 0 spiro atoms. The highest BCUT2D eigenvalue weighted by Crippen LogP contribution is 2.52. The number of benzene rings is 5. The van der Waals surface area contributed by atoms with Gasteiger partial charge in [0.2, 0.25) is 0 Å². The molecule has 0 saturated heterocycles. The molecule has 5 aromatic rings. The average Bonchev–Trinajstić information content (AvgIpc) is 2.93. The van der Waals surface area contributed by atoms with Crippen LogP contribution in [0.5, 0.6) is 23.0 Å². The first-order valence-electron chi connectivity index (χ1n) is 12.0. The molecule has 0 amide bonds. The monoisotopic (exact) mass is 470 g/mol. The van der Waals surface area contributed by atoms with Gasteiger partial charge < -0.3 is 19.3 Å². The number of fused-ring (bicyclic) bond motifs is 2. The van der Waals surface area contributed by atoms with E-state index in [1.54, 1.807) is 0 Å². The maximum absolute atomic E-state index is 6.32. The van der Waals surface area contributed by atoms with Gasteiger partial charge in [0.15, 0.2) is 5.75 Å². The predicted molar refractivity (Wildman–Crippen MR) is 147 cm³/mol. The van der Waals surface area contributed by atoms with Gasteiger partial charge >= 0.3 is 0 Å². The Bertz CT molecular complexity index is 1520. The van der Waals surface area contributed by atoms with Crippen LogP contribution in [0.15, 0.2) is 121 Å². The second-order valence-corrected chi connectivity index (χ2v) is 8.77. The highest BCUT2D eigenvalue weighted by molar-refractivity contribution is 5.97. The van der Waals surface area contributed by atoms with Crippen molar-refractivity contribution in [2.45, 2.75) is 0 Å². The minimum atomic E-state index is 0.813. The molecule has 6 rings (SSSR count). The van der Waals surface area contributed by atoms with E-state index in [1.165, 1.54) is 0 Å². The van der Waals surface area contributed by atoms with Crippen LogP contribution in [-0.2, 0) is 0 Å². The molecule has 0 aliphatic carbocycles. The maximum atomic E-state index is 6.32. The first kappa shape index (κ1) is 21.8. The van der Waals surface area contributed by atoms with Crippen molar-refractivity contribution < 1.29 is 9.47 Å². The molecule has 5 aromatic carbocycles. The molecule has 1 heterocycles. The van der Waals surface area contributed by atoms with Crippen LogP contribution >= 0.6 is 0 Å². The molecular weight excluding hydrogens is 444 g/mol. The topological polar surface area (TPSA) is 24.9 Å². The molecule has 0 atom stereocenters. The summed E-state index contributed by atoms with van der Waals surface area (Å²) in [6, 6.07) is 40.7. The average molecular weight is 471 g/mol. The Morgan fingerprint density at radius 1 is 0.472 bits per heavy atom. The smallest absolute Gasteiger partial charge is 0.153 e. The second kappa shape index (κ2) is 9.16. The largest absolute Gasteiger partial charge is 0.457 e. The number of anilines is 4. The van der Waals surface area contributed by atoms with E-state index in [9.17, 15) is 0 Å². The fraction of sp³-hybridized carbons (Fsp3) is 0.0625. The normalized spacial score (nSPS) is 12.1. The van der Waals surface area contributed by atoms with Crippen LogP contribution in [0, 0.1) is 0 Å². The highest BCUT2D eigenvalue weighted by Gasteiger charge is 2.28. The van der Waals surface area contributed by atoms with Crippen LogP contribution in [0.4, 0.5) is 22.7 Å². The third-order valence-corrected chi connectivity index (χ3v) is 6.51. The predicted octanol–water partition coefficient (Wildman–Crippen LogP) is 8.79. The van der Waals surface area contributed by atoms with Crippen molar-refractivity contribution in [1.29, 1.82) is 0 Å². The van der Waals surface area contributed by atoms with Gasteiger partial charge in [0.25, 0.3) is 0 Å². The summed E-state index contributed by atoms with van der Waals surface area (Å²) in [5, 5.41) is 0. The van der Waals surface area contributed by atoms with E-state index in [0.29, 0.717) is 0 Å². The lowest BCUT2D eigenvalue weighted by molar-refractivity contribution is 0.483. The van der Waals surface area contributed by atoms with Gasteiger partial charge in [-0.3, -0.25) is 0 Å². The van der Waals surface area contributed by atoms with Gasteiger partial charge in [0.1, 0.15) is 22.9 Å². The van der Waals surface area contributed by atoms with Crippen molar-refractivity contribution in [1.82, 2.24) is 0 Å². The van der Waals surface area contributed by atoms with Gasteiger partial charge in [-0.2, -0.15) is 0 Å². The molecule has 4 nitrogen and oxygen atoms in total. The first-order valence-corrected chi connectivity index (χ1v) is 12.0. The zero-order chi connectivity index (χ0) is 24.5. The molecule has 36 heavy (non-hydrogen) atoms. The molecule has 0 aromatic heterocycles. The summed E-state index contributed by atoms with van der Waals surface area (Å²) in [4.78, 5) is 4.44. The molecule has 0 fully saturated rings. The van der Waals surface area contributed by atoms with Crippen LogP contribution in [0.3, 0.4) is 0 Å². The van der Waals surface area contributed by atoms with Crippen molar-refractivity contribution in [3.63, 3.8) is 0 Å². The number of rotatable bonds is 5. The van der Waals surface area contributed by atoms with Crippen molar-refractivity contribution in [3.05, 3.63) is 121 Å². The first-order chi connectivity index (χ1) is 17.7. The van der Waals surface area contributed by atoms with Gasteiger partial charge in [-0.15, -0.1) is 0 Å². The Morgan fingerprint density at radius 2 is 1.08 bits per heavy atom. The summed E-state index contributed by atoms with van der Waals surface area (Å²) in [5.74, 6) is 3.27. The Morgan fingerprint density at radius 3 is 1.81 bits per heavy atom. The third-order valence-electron chi connectivity index (χ3n) is 6.51. The molecule has 0 saturated carbocycles. The molecule has 1 aliphatic rings. The van der Waals surface area contributed by atoms with Crippen LogP contribution < -0.4 is 19.3 Å². The van der Waals surface area contributed by atoms with E-state index in [0.717, 1.165) is 56.9 Å². The summed E-state index contributed by atoms with van der Waals surface area (Å²) in [6.45, 7) is 0. The number of ether oxygens (including phenoxy) is 2. The molecular formula is C32H26N2O2. The Labute approximate surface area is 211 Å². The Hall–Kier alpha value is -4.70. The van der Waals surface area contributed by atoms with Crippen molar-refractivity contribution in [2.24, 2.45) is 0 Å². The van der Waals surface area contributed by atoms with E-state index < -0.39 is 0 Å². The zero-order valence-corrected chi connectivity index (χ0v) is 20.3. The van der Waals surface area contributed by atoms with E-state index in [4.69, 9.17) is 9.47 Å². The zero-order valence-electron chi connectivity index (χ0n) is 20.3. The van der Waals surface area contributed by atoms with Crippen molar-refractivity contribution in [3.8, 4) is 34.1 Å². The summed E-state index contributed by atoms with van der Waals surface area (Å²) in [5.41, 5.74) is 6.49. The molecule has 0 unspecified atom stereocenters.